The molecule has 0 aliphatic carbocycles. The van der Waals surface area contributed by atoms with Gasteiger partial charge in [0.2, 0.25) is 0 Å². The van der Waals surface area contributed by atoms with Crippen LogP contribution in [-0.4, -0.2) is 22.3 Å². The monoisotopic (exact) mass is 285 g/mol. The second kappa shape index (κ2) is 4.98. The van der Waals surface area contributed by atoms with E-state index in [1.807, 2.05) is 0 Å². The Kier molecular flexibility index (Phi) is 3.89. The molecule has 0 saturated carbocycles. The number of nitro groups is 1. The van der Waals surface area contributed by atoms with Gasteiger partial charge in [0.25, 0.3) is 5.69 Å². The Morgan fingerprint density at radius 2 is 2.19 bits per heavy atom. The highest BCUT2D eigenvalue weighted by molar-refractivity contribution is 9.09. The number of rotatable bonds is 4. The molecule has 0 N–H and O–H groups in total. The Balaban J connectivity index is 3.43. The highest BCUT2D eigenvalue weighted by Gasteiger charge is 2.19. The number of carbonyl (C=O) groups excluding carboxylic acids is 2. The van der Waals surface area contributed by atoms with E-state index in [0.29, 0.717) is 17.4 Å². The van der Waals surface area contributed by atoms with Gasteiger partial charge < -0.3 is 0 Å². The predicted molar refractivity (Wildman–Crippen MR) is 61.3 cm³/mol. The number of ketones is 1. The zero-order valence-corrected chi connectivity index (χ0v) is 9.98. The van der Waals surface area contributed by atoms with Gasteiger partial charge in [-0.3, -0.25) is 19.7 Å². The Hall–Kier alpha value is -1.56. The Labute approximate surface area is 99.7 Å². The molecule has 1 aromatic carbocycles. The molecule has 1 rings (SSSR count). The Morgan fingerprint density at radius 3 is 2.62 bits per heavy atom. The molecular weight excluding hydrogens is 278 g/mol. The molecule has 0 unspecified atom stereocenters. The van der Waals surface area contributed by atoms with Crippen molar-refractivity contribution in [2.45, 2.75) is 6.92 Å². The van der Waals surface area contributed by atoms with Gasteiger partial charge in [-0.25, -0.2) is 0 Å². The Morgan fingerprint density at radius 1 is 1.56 bits per heavy atom. The number of halogens is 1. The molecule has 0 bridgehead atoms. The molecule has 0 atom stereocenters. The van der Waals surface area contributed by atoms with Gasteiger partial charge in [-0.05, 0) is 19.1 Å². The molecule has 0 fully saturated rings. The fourth-order valence-corrected chi connectivity index (χ4v) is 1.71. The molecule has 16 heavy (non-hydrogen) atoms. The molecule has 0 radical (unpaired) electrons. The van der Waals surface area contributed by atoms with Crippen LogP contribution in [0.4, 0.5) is 5.69 Å². The lowest BCUT2D eigenvalue weighted by atomic mass is 10.0. The normalized spacial score (nSPS) is 9.88. The molecule has 0 aromatic heterocycles. The third-order valence-electron chi connectivity index (χ3n) is 2.08. The van der Waals surface area contributed by atoms with Crippen molar-refractivity contribution >= 4 is 33.7 Å². The van der Waals surface area contributed by atoms with Crippen molar-refractivity contribution in [2.24, 2.45) is 0 Å². The molecule has 0 aliphatic rings. The van der Waals surface area contributed by atoms with Gasteiger partial charge >= 0.3 is 0 Å². The maximum absolute atomic E-state index is 11.4. The lowest BCUT2D eigenvalue weighted by Crippen LogP contribution is -2.05. The second-order valence-electron chi connectivity index (χ2n) is 3.16. The van der Waals surface area contributed by atoms with Gasteiger partial charge in [0.1, 0.15) is 0 Å². The highest BCUT2D eigenvalue weighted by atomic mass is 79.9. The van der Waals surface area contributed by atoms with Crippen LogP contribution in [0.3, 0.4) is 0 Å². The third-order valence-corrected chi connectivity index (χ3v) is 2.59. The van der Waals surface area contributed by atoms with Gasteiger partial charge in [-0.15, -0.1) is 0 Å². The maximum atomic E-state index is 11.4. The van der Waals surface area contributed by atoms with Gasteiger partial charge in [-0.2, -0.15) is 0 Å². The standard InChI is InChI=1S/C10H8BrNO4/c1-6-2-7(9(14)4-11)3-8(5-13)10(6)12(15)16/h2-3,5H,4H2,1H3. The van der Waals surface area contributed by atoms with E-state index in [2.05, 4.69) is 15.9 Å². The summed E-state index contributed by atoms with van der Waals surface area (Å²) in [6.45, 7) is 1.50. The number of nitrogens with zero attached hydrogens (tertiary/aromatic N) is 1. The summed E-state index contributed by atoms with van der Waals surface area (Å²) in [5, 5.41) is 10.8. The minimum absolute atomic E-state index is 0.0747. The van der Waals surface area contributed by atoms with Gasteiger partial charge in [0, 0.05) is 11.1 Å². The second-order valence-corrected chi connectivity index (χ2v) is 3.72. The molecule has 84 valence electrons. The molecule has 1 aromatic rings. The molecular formula is C10H8BrNO4. The zero-order chi connectivity index (χ0) is 12.3. The molecule has 0 heterocycles. The van der Waals surface area contributed by atoms with E-state index in [9.17, 15) is 19.7 Å². The summed E-state index contributed by atoms with van der Waals surface area (Å²) in [5.74, 6) is -0.221. The largest absolute Gasteiger partial charge is 0.298 e. The number of nitro benzene ring substituents is 1. The van der Waals surface area contributed by atoms with Crippen LogP contribution in [0.2, 0.25) is 0 Å². The highest BCUT2D eigenvalue weighted by Crippen LogP contribution is 2.24. The number of hydrogen-bond acceptors (Lipinski definition) is 4. The van der Waals surface area contributed by atoms with E-state index >= 15 is 0 Å². The van der Waals surface area contributed by atoms with Crippen molar-refractivity contribution in [3.05, 3.63) is 38.9 Å². The van der Waals surface area contributed by atoms with E-state index in [4.69, 9.17) is 0 Å². The fraction of sp³-hybridized carbons (Fsp3) is 0.200. The molecule has 0 amide bonds. The van der Waals surface area contributed by atoms with Crippen LogP contribution in [0.5, 0.6) is 0 Å². The SMILES string of the molecule is Cc1cc(C(=O)CBr)cc(C=O)c1[N+](=O)[O-]. The number of alkyl halides is 1. The maximum Gasteiger partial charge on any atom is 0.282 e. The molecule has 6 heteroatoms. The van der Waals surface area contributed by atoms with Crippen LogP contribution in [-0.2, 0) is 0 Å². The van der Waals surface area contributed by atoms with Crippen molar-refractivity contribution in [2.75, 3.05) is 5.33 Å². The van der Waals surface area contributed by atoms with Crippen molar-refractivity contribution in [1.29, 1.82) is 0 Å². The first kappa shape index (κ1) is 12.5. The summed E-state index contributed by atoms with van der Waals surface area (Å²) in [6.07, 6.45) is 0.385. The van der Waals surface area contributed by atoms with Crippen molar-refractivity contribution in [3.8, 4) is 0 Å². The van der Waals surface area contributed by atoms with E-state index < -0.39 is 4.92 Å². The Bertz CT molecular complexity index is 470. The smallest absolute Gasteiger partial charge is 0.282 e. The number of Topliss-reactive ketones (excluding diaryl/α,β-unsaturated/α-hetero) is 1. The summed E-state index contributed by atoms with van der Waals surface area (Å²) >= 11 is 3.00. The first-order valence-electron chi connectivity index (χ1n) is 4.34. The average Bonchev–Trinajstić information content (AvgIpc) is 2.26. The zero-order valence-electron chi connectivity index (χ0n) is 8.40. The minimum Gasteiger partial charge on any atom is -0.298 e. The van der Waals surface area contributed by atoms with E-state index in [1.54, 1.807) is 0 Å². The van der Waals surface area contributed by atoms with Crippen LogP contribution >= 0.6 is 15.9 Å². The summed E-state index contributed by atoms with van der Waals surface area (Å²) < 4.78 is 0. The quantitative estimate of drug-likeness (QED) is 0.280. The van der Waals surface area contributed by atoms with Crippen LogP contribution in [0, 0.1) is 17.0 Å². The lowest BCUT2D eigenvalue weighted by Gasteiger charge is -2.03. The summed E-state index contributed by atoms with van der Waals surface area (Å²) in [4.78, 5) is 32.2. The van der Waals surface area contributed by atoms with Crippen molar-refractivity contribution in [3.63, 3.8) is 0 Å². The van der Waals surface area contributed by atoms with Crippen molar-refractivity contribution < 1.29 is 14.5 Å². The van der Waals surface area contributed by atoms with Gasteiger partial charge in [0.05, 0.1) is 15.8 Å². The van der Waals surface area contributed by atoms with Crippen LogP contribution in [0.25, 0.3) is 0 Å². The van der Waals surface area contributed by atoms with Crippen LogP contribution in [0.1, 0.15) is 26.3 Å². The van der Waals surface area contributed by atoms with E-state index in [1.165, 1.54) is 19.1 Å². The average molecular weight is 286 g/mol. The molecule has 0 spiro atoms. The van der Waals surface area contributed by atoms with Crippen LogP contribution < -0.4 is 0 Å². The first-order chi connectivity index (χ1) is 7.51. The fourth-order valence-electron chi connectivity index (χ4n) is 1.38. The summed E-state index contributed by atoms with van der Waals surface area (Å²) in [7, 11) is 0. The number of aryl methyl sites for hydroxylation is 1. The summed E-state index contributed by atoms with van der Waals surface area (Å²) in [6, 6.07) is 2.65. The third kappa shape index (κ3) is 2.33. The number of aldehydes is 1. The van der Waals surface area contributed by atoms with Crippen LogP contribution in [0.15, 0.2) is 12.1 Å². The topological polar surface area (TPSA) is 77.3 Å². The lowest BCUT2D eigenvalue weighted by molar-refractivity contribution is -0.385. The van der Waals surface area contributed by atoms with Gasteiger partial charge in [0.15, 0.2) is 12.1 Å². The molecule has 5 nitrogen and oxygen atoms in total. The van der Waals surface area contributed by atoms with Gasteiger partial charge in [-0.1, -0.05) is 15.9 Å². The number of benzene rings is 1. The minimum atomic E-state index is -0.624. The predicted octanol–water partition coefficient (Wildman–Crippen LogP) is 2.29. The molecule has 0 aliphatic heterocycles. The summed E-state index contributed by atoms with van der Waals surface area (Å²) in [5.41, 5.74) is 0.274. The molecule has 0 saturated heterocycles. The number of carbonyl (C=O) groups is 2. The van der Waals surface area contributed by atoms with Crippen molar-refractivity contribution in [1.82, 2.24) is 0 Å². The first-order valence-corrected chi connectivity index (χ1v) is 5.46. The van der Waals surface area contributed by atoms with E-state index in [-0.39, 0.29) is 22.4 Å². The van der Waals surface area contributed by atoms with E-state index in [0.717, 1.165) is 0 Å². The number of hydrogen-bond donors (Lipinski definition) is 0.